The fraction of sp³-hybridized carbons (Fsp3) is 0. The maximum Gasteiger partial charge on any atom is 0.0656 e. The Morgan fingerprint density at radius 3 is 1.37 bits per heavy atom. The highest BCUT2D eigenvalue weighted by Crippen LogP contribution is 2.46. The number of para-hydroxylation sites is 4. The molecule has 0 saturated carbocycles. The fourth-order valence-corrected chi connectivity index (χ4v) is 9.27. The first-order chi connectivity index (χ1) is 26.8. The average molecular weight is 755 g/mol. The van der Waals surface area contributed by atoms with Crippen LogP contribution in [0.5, 0.6) is 0 Å². The van der Waals surface area contributed by atoms with E-state index < -0.39 is 0 Å². The summed E-state index contributed by atoms with van der Waals surface area (Å²) in [5.41, 5.74) is 14.0. The summed E-state index contributed by atoms with van der Waals surface area (Å²) in [5, 5.41) is 6.13. The molecular weight excluding hydrogens is 722 g/mol. The van der Waals surface area contributed by atoms with Gasteiger partial charge in [0.15, 0.2) is 0 Å². The zero-order valence-electron chi connectivity index (χ0n) is 29.2. The molecule has 0 atom stereocenters. The molecule has 0 unspecified atom stereocenters. The lowest BCUT2D eigenvalue weighted by molar-refractivity contribution is 1.09. The Hall–Kier alpha value is -6.62. The molecule has 0 aliphatic rings. The molecule has 3 nitrogen and oxygen atoms in total. The molecular formula is C50H32BrN3. The van der Waals surface area contributed by atoms with E-state index in [1.807, 2.05) is 0 Å². The third-order valence-corrected chi connectivity index (χ3v) is 11.7. The molecule has 0 radical (unpaired) electrons. The second-order valence-corrected chi connectivity index (χ2v) is 14.6. The van der Waals surface area contributed by atoms with Crippen LogP contribution in [0.15, 0.2) is 199 Å². The molecule has 0 bridgehead atoms. The lowest BCUT2D eigenvalue weighted by atomic mass is 9.98. The van der Waals surface area contributed by atoms with E-state index in [0.717, 1.165) is 27.1 Å². The van der Waals surface area contributed by atoms with Crippen LogP contribution in [0.3, 0.4) is 0 Å². The zero-order valence-corrected chi connectivity index (χ0v) is 30.8. The summed E-state index contributed by atoms with van der Waals surface area (Å²) in [7, 11) is 0. The third-order valence-electron chi connectivity index (χ3n) is 10.9. The minimum Gasteiger partial charge on any atom is -0.309 e. The maximum absolute atomic E-state index is 4.25. The van der Waals surface area contributed by atoms with Crippen LogP contribution in [-0.2, 0) is 0 Å². The number of fused-ring (bicyclic) bond motifs is 7. The van der Waals surface area contributed by atoms with E-state index in [2.05, 4.69) is 224 Å². The summed E-state index contributed by atoms with van der Waals surface area (Å²) in [6.07, 6.45) is 0. The van der Waals surface area contributed by atoms with Crippen molar-refractivity contribution in [1.82, 2.24) is 13.7 Å². The molecule has 0 aliphatic carbocycles. The van der Waals surface area contributed by atoms with Gasteiger partial charge in [-0.1, -0.05) is 140 Å². The van der Waals surface area contributed by atoms with E-state index in [9.17, 15) is 0 Å². The molecule has 4 heteroatoms. The largest absolute Gasteiger partial charge is 0.309 e. The smallest absolute Gasteiger partial charge is 0.0656 e. The van der Waals surface area contributed by atoms with Crippen molar-refractivity contribution in [3.05, 3.63) is 199 Å². The van der Waals surface area contributed by atoms with Gasteiger partial charge in [0.05, 0.1) is 49.1 Å². The summed E-state index contributed by atoms with van der Waals surface area (Å²) in [6, 6.07) is 70.1. The van der Waals surface area contributed by atoms with Crippen LogP contribution in [0, 0.1) is 0 Å². The van der Waals surface area contributed by atoms with Gasteiger partial charge in [-0.2, -0.15) is 0 Å². The molecule has 3 heterocycles. The number of nitrogens with zero attached hydrogens (tertiary/aromatic N) is 3. The molecule has 11 aromatic rings. The van der Waals surface area contributed by atoms with Gasteiger partial charge in [0.25, 0.3) is 0 Å². The number of benzene rings is 8. The lowest BCUT2D eigenvalue weighted by Gasteiger charge is -2.18. The van der Waals surface area contributed by atoms with Gasteiger partial charge in [-0.15, -0.1) is 0 Å². The van der Waals surface area contributed by atoms with Gasteiger partial charge in [-0.05, 0) is 81.7 Å². The van der Waals surface area contributed by atoms with Crippen LogP contribution in [0.4, 0.5) is 0 Å². The SMILES string of the molecule is Brc1c(-n2c(-c3ccccc3)c(-c3ccccc3)c3ccccc32)cccc1-n1c2ccccc2c2cc3c(cc21)c1ccccc1n3-c1ccccc1. The summed E-state index contributed by atoms with van der Waals surface area (Å²) in [4.78, 5) is 0. The number of hydrogen-bond acceptors (Lipinski definition) is 0. The predicted molar refractivity (Wildman–Crippen MR) is 231 cm³/mol. The van der Waals surface area contributed by atoms with E-state index in [4.69, 9.17) is 0 Å². The van der Waals surface area contributed by atoms with Crippen molar-refractivity contribution in [3.63, 3.8) is 0 Å². The second kappa shape index (κ2) is 12.2. The molecule has 0 spiro atoms. The maximum atomic E-state index is 4.25. The Kier molecular flexibility index (Phi) is 7.01. The van der Waals surface area contributed by atoms with E-state index in [-0.39, 0.29) is 0 Å². The number of hydrogen-bond donors (Lipinski definition) is 0. The summed E-state index contributed by atoms with van der Waals surface area (Å²) in [5.74, 6) is 0. The lowest BCUT2D eigenvalue weighted by Crippen LogP contribution is -2.03. The van der Waals surface area contributed by atoms with Crippen molar-refractivity contribution < 1.29 is 0 Å². The monoisotopic (exact) mass is 753 g/mol. The van der Waals surface area contributed by atoms with Gasteiger partial charge in [0.1, 0.15) is 0 Å². The Balaban J connectivity index is 1.23. The van der Waals surface area contributed by atoms with Crippen LogP contribution in [-0.4, -0.2) is 13.7 Å². The highest BCUT2D eigenvalue weighted by atomic mass is 79.9. The topological polar surface area (TPSA) is 14.8 Å². The van der Waals surface area contributed by atoms with Crippen molar-refractivity contribution in [3.8, 4) is 39.4 Å². The van der Waals surface area contributed by atoms with Gasteiger partial charge < -0.3 is 13.7 Å². The van der Waals surface area contributed by atoms with Gasteiger partial charge in [-0.3, -0.25) is 0 Å². The highest BCUT2D eigenvalue weighted by Gasteiger charge is 2.24. The molecule has 0 N–H and O–H groups in total. The minimum atomic E-state index is 1.03. The molecule has 0 amide bonds. The first-order valence-corrected chi connectivity index (χ1v) is 19.1. The molecule has 11 rings (SSSR count). The average Bonchev–Trinajstić information content (AvgIpc) is 3.87. The van der Waals surface area contributed by atoms with Crippen molar-refractivity contribution in [2.75, 3.05) is 0 Å². The normalized spacial score (nSPS) is 11.8. The van der Waals surface area contributed by atoms with E-state index >= 15 is 0 Å². The van der Waals surface area contributed by atoms with E-state index in [0.29, 0.717) is 0 Å². The van der Waals surface area contributed by atoms with Crippen molar-refractivity contribution in [2.45, 2.75) is 0 Å². The molecule has 0 aliphatic heterocycles. The number of halogens is 1. The predicted octanol–water partition coefficient (Wildman–Crippen LogP) is 13.9. The fourth-order valence-electron chi connectivity index (χ4n) is 8.66. The quantitative estimate of drug-likeness (QED) is 0.166. The van der Waals surface area contributed by atoms with Crippen molar-refractivity contribution in [2.24, 2.45) is 0 Å². The van der Waals surface area contributed by atoms with Crippen LogP contribution in [0.1, 0.15) is 0 Å². The Labute approximate surface area is 320 Å². The minimum absolute atomic E-state index is 1.03. The summed E-state index contributed by atoms with van der Waals surface area (Å²) in [6.45, 7) is 0. The molecule has 54 heavy (non-hydrogen) atoms. The number of aromatic nitrogens is 3. The van der Waals surface area contributed by atoms with Crippen LogP contribution >= 0.6 is 15.9 Å². The Morgan fingerprint density at radius 2 is 0.759 bits per heavy atom. The highest BCUT2D eigenvalue weighted by molar-refractivity contribution is 9.10. The van der Waals surface area contributed by atoms with Gasteiger partial charge in [0.2, 0.25) is 0 Å². The summed E-state index contributed by atoms with van der Waals surface area (Å²) >= 11 is 4.25. The Bertz CT molecular complexity index is 3210. The molecule has 0 saturated heterocycles. The van der Waals surface area contributed by atoms with Crippen molar-refractivity contribution >= 4 is 70.4 Å². The van der Waals surface area contributed by atoms with E-state index in [1.54, 1.807) is 0 Å². The van der Waals surface area contributed by atoms with Crippen molar-refractivity contribution in [1.29, 1.82) is 0 Å². The third kappa shape index (κ3) is 4.54. The number of rotatable bonds is 5. The van der Waals surface area contributed by atoms with Crippen LogP contribution in [0.2, 0.25) is 0 Å². The summed E-state index contributed by atoms with van der Waals surface area (Å²) < 4.78 is 8.31. The second-order valence-electron chi connectivity index (χ2n) is 13.8. The first-order valence-electron chi connectivity index (χ1n) is 18.3. The molecule has 8 aromatic carbocycles. The van der Waals surface area contributed by atoms with Crippen LogP contribution < -0.4 is 0 Å². The first kappa shape index (κ1) is 31.0. The van der Waals surface area contributed by atoms with Gasteiger partial charge in [-0.25, -0.2) is 0 Å². The molecule has 3 aromatic heterocycles. The van der Waals surface area contributed by atoms with Gasteiger partial charge in [0, 0.05) is 38.2 Å². The van der Waals surface area contributed by atoms with E-state index in [1.165, 1.54) is 71.4 Å². The van der Waals surface area contributed by atoms with Gasteiger partial charge >= 0.3 is 0 Å². The molecule has 0 fully saturated rings. The zero-order chi connectivity index (χ0) is 35.8. The van der Waals surface area contributed by atoms with Crippen LogP contribution in [0.25, 0.3) is 94.0 Å². The Morgan fingerprint density at radius 1 is 0.315 bits per heavy atom. The molecule has 254 valence electrons. The standard InChI is InChI=1S/C50H32BrN3/c51-49-44(29-16-30-45(49)54-43-28-15-12-25-38(43)48(33-17-4-1-5-18-33)50(54)34-19-6-2-7-20-34)53-42-27-14-11-24-37(42)40-31-46-39(32-47(40)53)36-23-10-13-26-41(36)52(46)35-21-8-3-9-22-35/h1-32H.